The van der Waals surface area contributed by atoms with Gasteiger partial charge in [-0.3, -0.25) is 4.79 Å². The Morgan fingerprint density at radius 3 is 2.56 bits per heavy atom. The summed E-state index contributed by atoms with van der Waals surface area (Å²) in [6.45, 7) is 7.19. The summed E-state index contributed by atoms with van der Waals surface area (Å²) in [5, 5.41) is 0. The molecule has 3 rings (SSSR count). The standard InChI is InChI=1S/C17H23N3O4S/c1-12(2)10-17(21)19-6-8-20(9-7-19)25(22,23)14-4-5-16-15(11-14)18-13(3)24-16/h4-5,11-12H,6-10H2,1-3H3. The average Bonchev–Trinajstić information content (AvgIpc) is 2.93. The molecular formula is C17H23N3O4S. The first-order valence-electron chi connectivity index (χ1n) is 8.42. The lowest BCUT2D eigenvalue weighted by Crippen LogP contribution is -2.50. The van der Waals surface area contributed by atoms with Gasteiger partial charge < -0.3 is 9.32 Å². The normalized spacial score (nSPS) is 16.7. The van der Waals surface area contributed by atoms with E-state index < -0.39 is 10.0 Å². The van der Waals surface area contributed by atoms with Gasteiger partial charge in [-0.2, -0.15) is 4.31 Å². The number of aromatic nitrogens is 1. The number of sulfonamides is 1. The summed E-state index contributed by atoms with van der Waals surface area (Å²) in [6, 6.07) is 4.71. The molecule has 8 heteroatoms. The largest absolute Gasteiger partial charge is 0.441 e. The van der Waals surface area contributed by atoms with Gasteiger partial charge in [-0.1, -0.05) is 13.8 Å². The SMILES string of the molecule is Cc1nc2cc(S(=O)(=O)N3CCN(C(=O)CC(C)C)CC3)ccc2o1. The van der Waals surface area contributed by atoms with Gasteiger partial charge >= 0.3 is 0 Å². The van der Waals surface area contributed by atoms with Crippen LogP contribution < -0.4 is 0 Å². The van der Waals surface area contributed by atoms with E-state index >= 15 is 0 Å². The van der Waals surface area contributed by atoms with Gasteiger partial charge in [-0.05, 0) is 24.1 Å². The maximum atomic E-state index is 12.9. The Morgan fingerprint density at radius 1 is 1.24 bits per heavy atom. The lowest BCUT2D eigenvalue weighted by atomic mass is 10.1. The van der Waals surface area contributed by atoms with Crippen LogP contribution in [0.4, 0.5) is 0 Å². The fraction of sp³-hybridized carbons (Fsp3) is 0.529. The second kappa shape index (κ2) is 6.76. The minimum absolute atomic E-state index is 0.0894. The minimum atomic E-state index is -3.60. The number of carbonyl (C=O) groups is 1. The highest BCUT2D eigenvalue weighted by Gasteiger charge is 2.30. The molecule has 0 radical (unpaired) electrons. The molecule has 0 spiro atoms. The highest BCUT2D eigenvalue weighted by Crippen LogP contribution is 2.23. The highest BCUT2D eigenvalue weighted by atomic mass is 32.2. The van der Waals surface area contributed by atoms with E-state index in [1.165, 1.54) is 10.4 Å². The molecule has 25 heavy (non-hydrogen) atoms. The van der Waals surface area contributed by atoms with Gasteiger partial charge in [0.1, 0.15) is 5.52 Å². The summed E-state index contributed by atoms with van der Waals surface area (Å²) < 4.78 is 32.5. The maximum Gasteiger partial charge on any atom is 0.243 e. The first-order valence-corrected chi connectivity index (χ1v) is 9.86. The molecule has 1 amide bonds. The molecule has 1 aliphatic rings. The van der Waals surface area contributed by atoms with Crippen LogP contribution >= 0.6 is 0 Å². The third-order valence-electron chi connectivity index (χ3n) is 4.28. The Kier molecular flexibility index (Phi) is 4.83. The number of benzene rings is 1. The van der Waals surface area contributed by atoms with Crippen molar-refractivity contribution < 1.29 is 17.6 Å². The first-order chi connectivity index (χ1) is 11.8. The zero-order chi connectivity index (χ0) is 18.2. The zero-order valence-corrected chi connectivity index (χ0v) is 15.5. The van der Waals surface area contributed by atoms with Crippen molar-refractivity contribution >= 4 is 27.0 Å². The number of oxazole rings is 1. The van der Waals surface area contributed by atoms with Gasteiger partial charge in [-0.15, -0.1) is 0 Å². The van der Waals surface area contributed by atoms with Gasteiger partial charge in [0.2, 0.25) is 15.9 Å². The third-order valence-corrected chi connectivity index (χ3v) is 6.17. The van der Waals surface area contributed by atoms with Crippen LogP contribution in [-0.4, -0.2) is 54.7 Å². The van der Waals surface area contributed by atoms with Crippen LogP contribution in [0.25, 0.3) is 11.1 Å². The molecule has 1 aromatic heterocycles. The van der Waals surface area contributed by atoms with Crippen molar-refractivity contribution in [3.63, 3.8) is 0 Å². The molecule has 1 aromatic carbocycles. The van der Waals surface area contributed by atoms with Crippen molar-refractivity contribution in [2.45, 2.75) is 32.1 Å². The summed E-state index contributed by atoms with van der Waals surface area (Å²) in [4.78, 5) is 18.3. The summed E-state index contributed by atoms with van der Waals surface area (Å²) in [5.74, 6) is 0.889. The predicted molar refractivity (Wildman–Crippen MR) is 93.5 cm³/mol. The lowest BCUT2D eigenvalue weighted by molar-refractivity contribution is -0.133. The van der Waals surface area contributed by atoms with Gasteiger partial charge in [0.25, 0.3) is 0 Å². The van der Waals surface area contributed by atoms with Gasteiger partial charge in [0.05, 0.1) is 4.90 Å². The fourth-order valence-electron chi connectivity index (χ4n) is 2.99. The Labute approximate surface area is 147 Å². The van der Waals surface area contributed by atoms with E-state index in [-0.39, 0.29) is 10.8 Å². The molecule has 0 bridgehead atoms. The number of hydrogen-bond acceptors (Lipinski definition) is 5. The second-order valence-corrected chi connectivity index (χ2v) is 8.68. The van der Waals surface area contributed by atoms with E-state index in [1.807, 2.05) is 13.8 Å². The molecule has 0 atom stereocenters. The van der Waals surface area contributed by atoms with Gasteiger partial charge in [0, 0.05) is 39.5 Å². The van der Waals surface area contributed by atoms with Crippen LogP contribution in [0, 0.1) is 12.8 Å². The van der Waals surface area contributed by atoms with Crippen molar-refractivity contribution in [2.24, 2.45) is 5.92 Å². The number of nitrogens with zero attached hydrogens (tertiary/aromatic N) is 3. The van der Waals surface area contributed by atoms with E-state index in [4.69, 9.17) is 4.42 Å². The van der Waals surface area contributed by atoms with Crippen LogP contribution in [0.5, 0.6) is 0 Å². The number of rotatable bonds is 4. The quantitative estimate of drug-likeness (QED) is 0.828. The summed E-state index contributed by atoms with van der Waals surface area (Å²) in [7, 11) is -3.60. The number of fused-ring (bicyclic) bond motifs is 1. The number of carbonyl (C=O) groups excluding carboxylic acids is 1. The summed E-state index contributed by atoms with van der Waals surface area (Å²) >= 11 is 0. The fourth-order valence-corrected chi connectivity index (χ4v) is 4.43. The van der Waals surface area contributed by atoms with E-state index in [0.717, 1.165) is 0 Å². The Bertz CT molecular complexity index is 880. The summed E-state index contributed by atoms with van der Waals surface area (Å²) in [5.41, 5.74) is 1.10. The lowest BCUT2D eigenvalue weighted by Gasteiger charge is -2.34. The Morgan fingerprint density at radius 2 is 1.92 bits per heavy atom. The molecule has 2 aromatic rings. The number of piperazine rings is 1. The van der Waals surface area contributed by atoms with Crippen LogP contribution in [0.3, 0.4) is 0 Å². The van der Waals surface area contributed by atoms with Crippen molar-refractivity contribution in [1.29, 1.82) is 0 Å². The molecule has 1 aliphatic heterocycles. The van der Waals surface area contributed by atoms with Crippen molar-refractivity contribution in [1.82, 2.24) is 14.2 Å². The Hall–Kier alpha value is -1.93. The van der Waals surface area contributed by atoms with Crippen LogP contribution in [-0.2, 0) is 14.8 Å². The average molecular weight is 365 g/mol. The van der Waals surface area contributed by atoms with Crippen LogP contribution in [0.2, 0.25) is 0 Å². The van der Waals surface area contributed by atoms with E-state index in [2.05, 4.69) is 4.98 Å². The number of hydrogen-bond donors (Lipinski definition) is 0. The molecule has 0 N–H and O–H groups in total. The van der Waals surface area contributed by atoms with Gasteiger partial charge in [0.15, 0.2) is 11.5 Å². The molecule has 136 valence electrons. The minimum Gasteiger partial charge on any atom is -0.441 e. The Balaban J connectivity index is 1.73. The number of aryl methyl sites for hydroxylation is 1. The monoisotopic (exact) mass is 365 g/mol. The van der Waals surface area contributed by atoms with Crippen molar-refractivity contribution in [3.05, 3.63) is 24.1 Å². The molecular weight excluding hydrogens is 342 g/mol. The molecule has 0 aliphatic carbocycles. The first kappa shape index (κ1) is 17.9. The summed E-state index contributed by atoms with van der Waals surface area (Å²) in [6.07, 6.45) is 0.495. The van der Waals surface area contributed by atoms with Crippen LogP contribution in [0.1, 0.15) is 26.2 Å². The number of amides is 1. The topological polar surface area (TPSA) is 83.7 Å². The molecule has 1 fully saturated rings. The second-order valence-electron chi connectivity index (χ2n) is 6.75. The molecule has 0 unspecified atom stereocenters. The highest BCUT2D eigenvalue weighted by molar-refractivity contribution is 7.89. The molecule has 0 saturated carbocycles. The molecule has 7 nitrogen and oxygen atoms in total. The van der Waals surface area contributed by atoms with Gasteiger partial charge in [-0.25, -0.2) is 13.4 Å². The zero-order valence-electron chi connectivity index (χ0n) is 14.7. The smallest absolute Gasteiger partial charge is 0.243 e. The maximum absolute atomic E-state index is 12.9. The molecule has 1 saturated heterocycles. The third kappa shape index (κ3) is 3.69. The van der Waals surface area contributed by atoms with E-state index in [9.17, 15) is 13.2 Å². The molecule has 2 heterocycles. The van der Waals surface area contributed by atoms with Crippen molar-refractivity contribution in [2.75, 3.05) is 26.2 Å². The van der Waals surface area contributed by atoms with E-state index in [1.54, 1.807) is 24.0 Å². The van der Waals surface area contributed by atoms with Crippen LogP contribution in [0.15, 0.2) is 27.5 Å². The van der Waals surface area contributed by atoms with Crippen molar-refractivity contribution in [3.8, 4) is 0 Å². The predicted octanol–water partition coefficient (Wildman–Crippen LogP) is 2.02. The van der Waals surface area contributed by atoms with E-state index in [0.29, 0.717) is 55.5 Å².